The summed E-state index contributed by atoms with van der Waals surface area (Å²) in [6.07, 6.45) is -1.25. The van der Waals surface area contributed by atoms with Gasteiger partial charge < -0.3 is 14.6 Å². The van der Waals surface area contributed by atoms with Crippen LogP contribution < -0.4 is 4.74 Å². The van der Waals surface area contributed by atoms with Gasteiger partial charge in [-0.15, -0.1) is 0 Å². The Balaban J connectivity index is 2.67. The molecule has 0 aromatic heterocycles. The van der Waals surface area contributed by atoms with Crippen LogP contribution in [0, 0.1) is 0 Å². The number of hydrogen-bond acceptors (Lipinski definition) is 4. The van der Waals surface area contributed by atoms with Gasteiger partial charge in [0.25, 0.3) is 0 Å². The minimum atomic E-state index is -1.25. The molecule has 1 N–H and O–H groups in total. The predicted octanol–water partition coefficient (Wildman–Crippen LogP) is 1.85. The van der Waals surface area contributed by atoms with Crippen LogP contribution in [0.2, 0.25) is 0 Å². The van der Waals surface area contributed by atoms with Crippen molar-refractivity contribution < 1.29 is 19.4 Å². The number of carbonyl (C=O) groups is 1. The third-order valence-corrected chi connectivity index (χ3v) is 2.11. The maximum atomic E-state index is 11.1. The van der Waals surface area contributed by atoms with Crippen LogP contribution in [0.5, 0.6) is 5.75 Å². The van der Waals surface area contributed by atoms with Gasteiger partial charge in [-0.1, -0.05) is 18.7 Å². The molecule has 0 fully saturated rings. The third-order valence-electron chi connectivity index (χ3n) is 2.11. The van der Waals surface area contributed by atoms with Gasteiger partial charge >= 0.3 is 5.97 Å². The minimum absolute atomic E-state index is 0.443. The lowest BCUT2D eigenvalue weighted by molar-refractivity contribution is -0.150. The van der Waals surface area contributed by atoms with Crippen molar-refractivity contribution in [1.29, 1.82) is 0 Å². The lowest BCUT2D eigenvalue weighted by Crippen LogP contribution is -2.13. The Kier molecular flexibility index (Phi) is 4.72. The molecular weight excluding hydrogens is 220 g/mol. The molecule has 0 aliphatic heterocycles. The second kappa shape index (κ2) is 6.06. The van der Waals surface area contributed by atoms with Crippen molar-refractivity contribution in [2.45, 2.75) is 13.0 Å². The zero-order chi connectivity index (χ0) is 12.8. The summed E-state index contributed by atoms with van der Waals surface area (Å²) in [5.41, 5.74) is 1.39. The standard InChI is InChI=1S/C13H16O4/c1-9(2)8-17-11-6-4-10(5-7-11)12(14)13(15)16-3/h4-7,12,14H,1,8H2,2-3H3. The fraction of sp³-hybridized carbons (Fsp3) is 0.308. The molecular formula is C13H16O4. The van der Waals surface area contributed by atoms with E-state index in [0.717, 1.165) is 5.57 Å². The van der Waals surface area contributed by atoms with Crippen LogP contribution >= 0.6 is 0 Å². The van der Waals surface area contributed by atoms with Crippen molar-refractivity contribution in [3.63, 3.8) is 0 Å². The van der Waals surface area contributed by atoms with E-state index in [0.29, 0.717) is 17.9 Å². The van der Waals surface area contributed by atoms with Gasteiger partial charge in [0.05, 0.1) is 7.11 Å². The van der Waals surface area contributed by atoms with Crippen LogP contribution in [0.1, 0.15) is 18.6 Å². The average molecular weight is 236 g/mol. The van der Waals surface area contributed by atoms with Crippen LogP contribution in [0.3, 0.4) is 0 Å². The molecule has 1 aromatic carbocycles. The molecule has 0 radical (unpaired) electrons. The largest absolute Gasteiger partial charge is 0.489 e. The van der Waals surface area contributed by atoms with Crippen LogP contribution in [-0.4, -0.2) is 24.8 Å². The van der Waals surface area contributed by atoms with E-state index in [2.05, 4.69) is 11.3 Å². The molecule has 1 rings (SSSR count). The molecule has 0 heterocycles. The van der Waals surface area contributed by atoms with Gasteiger partial charge in [0.15, 0.2) is 6.10 Å². The van der Waals surface area contributed by atoms with E-state index in [-0.39, 0.29) is 0 Å². The predicted molar refractivity (Wildman–Crippen MR) is 63.7 cm³/mol. The lowest BCUT2D eigenvalue weighted by atomic mass is 10.1. The lowest BCUT2D eigenvalue weighted by Gasteiger charge is -2.10. The van der Waals surface area contributed by atoms with Crippen molar-refractivity contribution in [2.75, 3.05) is 13.7 Å². The monoisotopic (exact) mass is 236 g/mol. The highest BCUT2D eigenvalue weighted by Crippen LogP contribution is 2.19. The topological polar surface area (TPSA) is 55.8 Å². The number of ether oxygens (including phenoxy) is 2. The molecule has 92 valence electrons. The van der Waals surface area contributed by atoms with E-state index in [1.165, 1.54) is 7.11 Å². The number of benzene rings is 1. The van der Waals surface area contributed by atoms with Gasteiger partial charge in [-0.3, -0.25) is 0 Å². The van der Waals surface area contributed by atoms with E-state index in [1.54, 1.807) is 24.3 Å². The molecule has 0 amide bonds. The number of aliphatic hydroxyl groups excluding tert-OH is 1. The summed E-state index contributed by atoms with van der Waals surface area (Å²) < 4.78 is 9.84. The van der Waals surface area contributed by atoms with Crippen LogP contribution in [0.15, 0.2) is 36.4 Å². The van der Waals surface area contributed by atoms with E-state index < -0.39 is 12.1 Å². The Labute approximate surface area is 100 Å². The fourth-order valence-electron chi connectivity index (χ4n) is 1.20. The molecule has 0 aliphatic carbocycles. The average Bonchev–Trinajstić information content (AvgIpc) is 2.35. The number of aliphatic hydroxyl groups is 1. The number of rotatable bonds is 5. The van der Waals surface area contributed by atoms with E-state index >= 15 is 0 Å². The van der Waals surface area contributed by atoms with Gasteiger partial charge in [0.2, 0.25) is 0 Å². The number of methoxy groups -OCH3 is 1. The van der Waals surface area contributed by atoms with Crippen molar-refractivity contribution in [2.24, 2.45) is 0 Å². The summed E-state index contributed by atoms with van der Waals surface area (Å²) in [4.78, 5) is 11.1. The Bertz CT molecular complexity index is 394. The summed E-state index contributed by atoms with van der Waals surface area (Å²) in [5, 5.41) is 9.57. The molecule has 17 heavy (non-hydrogen) atoms. The van der Waals surface area contributed by atoms with E-state index in [4.69, 9.17) is 4.74 Å². The minimum Gasteiger partial charge on any atom is -0.489 e. The van der Waals surface area contributed by atoms with Crippen LogP contribution in [0.25, 0.3) is 0 Å². The zero-order valence-corrected chi connectivity index (χ0v) is 9.97. The highest BCUT2D eigenvalue weighted by Gasteiger charge is 2.17. The summed E-state index contributed by atoms with van der Waals surface area (Å²) >= 11 is 0. The first-order valence-electron chi connectivity index (χ1n) is 5.17. The van der Waals surface area contributed by atoms with Crippen LogP contribution in [0.4, 0.5) is 0 Å². The normalized spacial score (nSPS) is 11.7. The SMILES string of the molecule is C=C(C)COc1ccc(C(O)C(=O)OC)cc1. The number of hydrogen-bond donors (Lipinski definition) is 1. The summed E-state index contributed by atoms with van der Waals surface area (Å²) in [7, 11) is 1.23. The van der Waals surface area contributed by atoms with E-state index in [1.807, 2.05) is 6.92 Å². The summed E-state index contributed by atoms with van der Waals surface area (Å²) in [6, 6.07) is 6.61. The van der Waals surface area contributed by atoms with Crippen molar-refractivity contribution >= 4 is 5.97 Å². The molecule has 1 atom stereocenters. The maximum absolute atomic E-state index is 11.1. The van der Waals surface area contributed by atoms with Crippen LogP contribution in [-0.2, 0) is 9.53 Å². The molecule has 0 bridgehead atoms. The molecule has 4 heteroatoms. The third kappa shape index (κ3) is 3.92. The number of carbonyl (C=O) groups excluding carboxylic acids is 1. The summed E-state index contributed by atoms with van der Waals surface area (Å²) in [6.45, 7) is 6.04. The van der Waals surface area contributed by atoms with Gasteiger partial charge in [-0.05, 0) is 30.2 Å². The molecule has 0 saturated heterocycles. The Hall–Kier alpha value is -1.81. The first-order chi connectivity index (χ1) is 8.04. The van der Waals surface area contributed by atoms with Crippen molar-refractivity contribution in [1.82, 2.24) is 0 Å². The van der Waals surface area contributed by atoms with Crippen molar-refractivity contribution in [3.8, 4) is 5.75 Å². The van der Waals surface area contributed by atoms with E-state index in [9.17, 15) is 9.90 Å². The van der Waals surface area contributed by atoms with Gasteiger partial charge in [0, 0.05) is 0 Å². The molecule has 0 saturated carbocycles. The first-order valence-corrected chi connectivity index (χ1v) is 5.17. The van der Waals surface area contributed by atoms with Gasteiger partial charge in [0.1, 0.15) is 12.4 Å². The quantitative estimate of drug-likeness (QED) is 0.626. The smallest absolute Gasteiger partial charge is 0.339 e. The number of esters is 1. The van der Waals surface area contributed by atoms with Gasteiger partial charge in [-0.25, -0.2) is 4.79 Å². The Morgan fingerprint density at radius 1 is 1.41 bits per heavy atom. The molecule has 0 aliphatic rings. The Morgan fingerprint density at radius 2 is 2.00 bits per heavy atom. The highest BCUT2D eigenvalue weighted by atomic mass is 16.5. The maximum Gasteiger partial charge on any atom is 0.339 e. The first kappa shape index (κ1) is 13.3. The molecule has 1 aromatic rings. The van der Waals surface area contributed by atoms with Crippen molar-refractivity contribution in [3.05, 3.63) is 42.0 Å². The highest BCUT2D eigenvalue weighted by molar-refractivity contribution is 5.76. The fourth-order valence-corrected chi connectivity index (χ4v) is 1.20. The molecule has 0 spiro atoms. The second-order valence-electron chi connectivity index (χ2n) is 3.74. The summed E-state index contributed by atoms with van der Waals surface area (Å²) in [5.74, 6) is -0.0191. The molecule has 4 nitrogen and oxygen atoms in total. The molecule has 1 unspecified atom stereocenters. The Morgan fingerprint density at radius 3 is 2.47 bits per heavy atom. The van der Waals surface area contributed by atoms with Gasteiger partial charge in [-0.2, -0.15) is 0 Å². The second-order valence-corrected chi connectivity index (χ2v) is 3.74. The zero-order valence-electron chi connectivity index (χ0n) is 9.97.